The SMILES string of the molecule is C=C(/C=C(\C)C1CC1)NC1=NC(COCc2ccccc2)Nc2ccccc21.CCCCC. The molecule has 1 heterocycles. The molecular weight excluding hydrogens is 406 g/mol. The number of benzene rings is 2. The summed E-state index contributed by atoms with van der Waals surface area (Å²) in [5.74, 6) is 1.58. The lowest BCUT2D eigenvalue weighted by Crippen LogP contribution is -2.35. The van der Waals surface area contributed by atoms with Crippen LogP contribution in [0.1, 0.15) is 64.0 Å². The summed E-state index contributed by atoms with van der Waals surface area (Å²) in [6.07, 6.45) is 8.68. The molecule has 1 unspecified atom stereocenters. The Bertz CT molecular complexity index is 942. The molecule has 1 aliphatic carbocycles. The first-order chi connectivity index (χ1) is 16.1. The van der Waals surface area contributed by atoms with Crippen molar-refractivity contribution in [2.75, 3.05) is 11.9 Å². The van der Waals surface area contributed by atoms with Crippen LogP contribution in [0.3, 0.4) is 0 Å². The number of rotatable bonds is 9. The van der Waals surface area contributed by atoms with Crippen LogP contribution in [0.25, 0.3) is 0 Å². The smallest absolute Gasteiger partial charge is 0.144 e. The number of anilines is 1. The van der Waals surface area contributed by atoms with E-state index in [2.05, 4.69) is 68.3 Å². The average molecular weight is 446 g/mol. The van der Waals surface area contributed by atoms with Gasteiger partial charge in [0.15, 0.2) is 0 Å². The first kappa shape index (κ1) is 24.8. The lowest BCUT2D eigenvalue weighted by Gasteiger charge is -2.26. The second kappa shape index (κ2) is 13.0. The number of nitrogens with one attached hydrogen (secondary N) is 2. The van der Waals surface area contributed by atoms with Gasteiger partial charge < -0.3 is 15.4 Å². The maximum Gasteiger partial charge on any atom is 0.144 e. The van der Waals surface area contributed by atoms with Crippen molar-refractivity contribution in [2.45, 2.75) is 65.6 Å². The fourth-order valence-corrected chi connectivity index (χ4v) is 3.77. The van der Waals surface area contributed by atoms with Crippen molar-refractivity contribution in [1.29, 1.82) is 0 Å². The zero-order valence-electron chi connectivity index (χ0n) is 20.4. The van der Waals surface area contributed by atoms with Crippen LogP contribution in [-0.2, 0) is 11.3 Å². The van der Waals surface area contributed by atoms with Crippen LogP contribution in [0.5, 0.6) is 0 Å². The van der Waals surface area contributed by atoms with Crippen molar-refractivity contribution >= 4 is 11.5 Å². The van der Waals surface area contributed by atoms with Gasteiger partial charge in [0.2, 0.25) is 0 Å². The molecule has 2 aromatic rings. The zero-order chi connectivity index (χ0) is 23.5. The van der Waals surface area contributed by atoms with Gasteiger partial charge >= 0.3 is 0 Å². The van der Waals surface area contributed by atoms with E-state index in [1.165, 1.54) is 37.7 Å². The molecule has 1 aliphatic heterocycles. The number of para-hydroxylation sites is 1. The molecule has 0 aromatic heterocycles. The number of hydrogen-bond donors (Lipinski definition) is 2. The lowest BCUT2D eigenvalue weighted by molar-refractivity contribution is 0.113. The molecule has 1 fully saturated rings. The Morgan fingerprint density at radius 1 is 1.09 bits per heavy atom. The van der Waals surface area contributed by atoms with E-state index in [1.807, 2.05) is 30.3 Å². The van der Waals surface area contributed by atoms with Gasteiger partial charge in [-0.3, -0.25) is 0 Å². The van der Waals surface area contributed by atoms with Crippen molar-refractivity contribution in [1.82, 2.24) is 5.32 Å². The number of fused-ring (bicyclic) bond motifs is 1. The lowest BCUT2D eigenvalue weighted by atomic mass is 10.1. The summed E-state index contributed by atoms with van der Waals surface area (Å²) >= 11 is 0. The van der Waals surface area contributed by atoms with E-state index in [9.17, 15) is 0 Å². The Hall–Kier alpha value is -2.85. The van der Waals surface area contributed by atoms with Gasteiger partial charge in [0, 0.05) is 16.9 Å². The number of hydrogen-bond acceptors (Lipinski definition) is 4. The molecule has 1 atom stereocenters. The molecule has 0 amide bonds. The third kappa shape index (κ3) is 8.21. The van der Waals surface area contributed by atoms with Crippen LogP contribution in [0.15, 0.2) is 83.5 Å². The molecule has 4 nitrogen and oxygen atoms in total. The van der Waals surface area contributed by atoms with Gasteiger partial charge in [-0.25, -0.2) is 4.99 Å². The number of aliphatic imine (C=N–C) groups is 1. The van der Waals surface area contributed by atoms with Crippen LogP contribution in [0.4, 0.5) is 5.69 Å². The molecule has 33 heavy (non-hydrogen) atoms. The fourth-order valence-electron chi connectivity index (χ4n) is 3.77. The van der Waals surface area contributed by atoms with Crippen molar-refractivity contribution in [3.05, 3.63) is 89.6 Å². The van der Waals surface area contributed by atoms with Crippen molar-refractivity contribution < 1.29 is 4.74 Å². The Kier molecular flexibility index (Phi) is 9.77. The summed E-state index contributed by atoms with van der Waals surface area (Å²) in [6.45, 7) is 11.9. The van der Waals surface area contributed by atoms with E-state index < -0.39 is 0 Å². The molecule has 4 rings (SSSR count). The monoisotopic (exact) mass is 445 g/mol. The number of amidine groups is 1. The topological polar surface area (TPSA) is 45.7 Å². The standard InChI is InChI=1S/C24H27N3O.C5H12/c1-17(20-12-13-20)14-18(2)25-24-21-10-6-7-11-22(21)26-23(27-24)16-28-15-19-8-4-3-5-9-19;1-3-5-4-2/h3-11,14,20,23,26H,2,12-13,15-16H2,1H3,(H,25,27);3-5H2,1-2H3/b17-14+;. The third-order valence-corrected chi connectivity index (χ3v) is 5.79. The molecule has 0 bridgehead atoms. The van der Waals surface area contributed by atoms with Crippen LogP contribution in [0, 0.1) is 5.92 Å². The van der Waals surface area contributed by atoms with Gasteiger partial charge in [-0.1, -0.05) is 87.7 Å². The number of allylic oxidation sites excluding steroid dienone is 2. The zero-order valence-corrected chi connectivity index (χ0v) is 20.4. The minimum Gasteiger partial charge on any atom is -0.373 e. The second-order valence-corrected chi connectivity index (χ2v) is 8.85. The Labute approximate surface area is 199 Å². The molecule has 4 heteroatoms. The van der Waals surface area contributed by atoms with Gasteiger partial charge in [-0.05, 0) is 49.5 Å². The summed E-state index contributed by atoms with van der Waals surface area (Å²) in [5, 5.41) is 6.87. The highest BCUT2D eigenvalue weighted by atomic mass is 16.5. The molecule has 0 radical (unpaired) electrons. The van der Waals surface area contributed by atoms with E-state index >= 15 is 0 Å². The number of nitrogens with zero attached hydrogens (tertiary/aromatic N) is 1. The number of unbranched alkanes of at least 4 members (excludes halogenated alkanes) is 2. The maximum absolute atomic E-state index is 5.90. The number of ether oxygens (including phenoxy) is 1. The fraction of sp³-hybridized carbons (Fsp3) is 0.414. The van der Waals surface area contributed by atoms with Crippen LogP contribution in [-0.4, -0.2) is 18.6 Å². The highest BCUT2D eigenvalue weighted by Crippen LogP contribution is 2.36. The van der Waals surface area contributed by atoms with Gasteiger partial charge in [0.05, 0.1) is 13.2 Å². The quantitative estimate of drug-likeness (QED) is 0.406. The largest absolute Gasteiger partial charge is 0.373 e. The summed E-state index contributed by atoms with van der Waals surface area (Å²) in [5.41, 5.74) is 5.55. The average Bonchev–Trinajstić information content (AvgIpc) is 3.66. The third-order valence-electron chi connectivity index (χ3n) is 5.79. The first-order valence-electron chi connectivity index (χ1n) is 12.3. The van der Waals surface area contributed by atoms with Gasteiger partial charge in [0.25, 0.3) is 0 Å². The van der Waals surface area contributed by atoms with Gasteiger partial charge in [-0.15, -0.1) is 0 Å². The summed E-state index contributed by atoms with van der Waals surface area (Å²) in [7, 11) is 0. The van der Waals surface area contributed by atoms with E-state index in [0.717, 1.165) is 34.3 Å². The van der Waals surface area contributed by atoms with Crippen molar-refractivity contribution in [3.63, 3.8) is 0 Å². The van der Waals surface area contributed by atoms with Crippen LogP contribution >= 0.6 is 0 Å². The van der Waals surface area contributed by atoms with Gasteiger partial charge in [-0.2, -0.15) is 0 Å². The van der Waals surface area contributed by atoms with Crippen molar-refractivity contribution in [3.8, 4) is 0 Å². The molecule has 1 saturated carbocycles. The first-order valence-corrected chi connectivity index (χ1v) is 12.3. The summed E-state index contributed by atoms with van der Waals surface area (Å²) in [4.78, 5) is 4.84. The Morgan fingerprint density at radius 2 is 1.79 bits per heavy atom. The van der Waals surface area contributed by atoms with E-state index in [0.29, 0.717) is 13.2 Å². The Morgan fingerprint density at radius 3 is 2.45 bits per heavy atom. The predicted octanol–water partition coefficient (Wildman–Crippen LogP) is 7.06. The Balaban J connectivity index is 0.000000555. The second-order valence-electron chi connectivity index (χ2n) is 8.85. The van der Waals surface area contributed by atoms with E-state index in [4.69, 9.17) is 9.73 Å². The summed E-state index contributed by atoms with van der Waals surface area (Å²) < 4.78 is 5.90. The highest BCUT2D eigenvalue weighted by molar-refractivity contribution is 6.05. The maximum atomic E-state index is 5.90. The van der Waals surface area contributed by atoms with Crippen LogP contribution < -0.4 is 10.6 Å². The minimum absolute atomic E-state index is 0.137. The highest BCUT2D eigenvalue weighted by Gasteiger charge is 2.24. The molecule has 0 spiro atoms. The van der Waals surface area contributed by atoms with E-state index in [-0.39, 0.29) is 6.17 Å². The predicted molar refractivity (Wildman–Crippen MR) is 140 cm³/mol. The molecule has 2 aromatic carbocycles. The molecule has 176 valence electrons. The minimum atomic E-state index is -0.137. The molecule has 0 saturated heterocycles. The molecular formula is C29H39N3O. The summed E-state index contributed by atoms with van der Waals surface area (Å²) in [6, 6.07) is 18.4. The normalized spacial score (nSPS) is 17.1. The molecule has 2 aliphatic rings. The molecule has 2 N–H and O–H groups in total. The van der Waals surface area contributed by atoms with Crippen molar-refractivity contribution in [2.24, 2.45) is 10.9 Å². The van der Waals surface area contributed by atoms with Crippen LogP contribution in [0.2, 0.25) is 0 Å². The van der Waals surface area contributed by atoms with Gasteiger partial charge in [0.1, 0.15) is 12.0 Å². The van der Waals surface area contributed by atoms with E-state index in [1.54, 1.807) is 0 Å².